The second-order valence-corrected chi connectivity index (χ2v) is 6.45. The largest absolute Gasteiger partial charge is 0.493 e. The summed E-state index contributed by atoms with van der Waals surface area (Å²) in [4.78, 5) is 2.50. The summed E-state index contributed by atoms with van der Waals surface area (Å²) in [6.07, 6.45) is 3.37. The third kappa shape index (κ3) is 4.94. The summed E-state index contributed by atoms with van der Waals surface area (Å²) in [5.74, 6) is -7.25. The minimum atomic E-state index is -1.83. The quantitative estimate of drug-likeness (QED) is 0.244. The van der Waals surface area contributed by atoms with E-state index >= 15 is 0 Å². The van der Waals surface area contributed by atoms with E-state index in [9.17, 15) is 17.6 Å². The fraction of sp³-hybridized carbons (Fsp3) is 0.174. The van der Waals surface area contributed by atoms with Crippen molar-refractivity contribution in [3.05, 3.63) is 65.0 Å². The van der Waals surface area contributed by atoms with Crippen LogP contribution in [0.15, 0.2) is 30.3 Å². The molecule has 0 aliphatic heterocycles. The third-order valence-electron chi connectivity index (χ3n) is 4.51. The van der Waals surface area contributed by atoms with Crippen molar-refractivity contribution in [2.45, 2.75) is 0 Å². The SMILES string of the molecule is COc1ccc(/C=C\c2cc(OC)c(OC)c(OC)c2)cc1Oc1c(F)c(F)nc(F)c1F. The van der Waals surface area contributed by atoms with E-state index in [1.807, 2.05) is 0 Å². The van der Waals surface area contributed by atoms with Gasteiger partial charge in [0.15, 0.2) is 23.0 Å². The first-order chi connectivity index (χ1) is 15.8. The highest BCUT2D eigenvalue weighted by atomic mass is 19.2. The number of pyridine rings is 1. The van der Waals surface area contributed by atoms with E-state index in [2.05, 4.69) is 4.98 Å². The first-order valence-electron chi connectivity index (χ1n) is 9.36. The highest BCUT2D eigenvalue weighted by Crippen LogP contribution is 2.39. The lowest BCUT2D eigenvalue weighted by Crippen LogP contribution is -2.04. The first kappa shape index (κ1) is 23.7. The van der Waals surface area contributed by atoms with Crippen molar-refractivity contribution in [1.29, 1.82) is 0 Å². The molecule has 0 saturated heterocycles. The Hall–Kier alpha value is -3.95. The molecule has 0 N–H and O–H groups in total. The summed E-state index contributed by atoms with van der Waals surface area (Å²) >= 11 is 0. The van der Waals surface area contributed by atoms with Crippen LogP contribution in [-0.2, 0) is 0 Å². The van der Waals surface area contributed by atoms with Crippen molar-refractivity contribution >= 4 is 12.2 Å². The maximum absolute atomic E-state index is 14.0. The van der Waals surface area contributed by atoms with Gasteiger partial charge in [0.05, 0.1) is 28.4 Å². The van der Waals surface area contributed by atoms with Crippen LogP contribution in [0.2, 0.25) is 0 Å². The summed E-state index contributed by atoms with van der Waals surface area (Å²) in [6, 6.07) is 7.91. The molecule has 3 aromatic rings. The van der Waals surface area contributed by atoms with Gasteiger partial charge in [-0.15, -0.1) is 0 Å². The molecule has 33 heavy (non-hydrogen) atoms. The zero-order valence-electron chi connectivity index (χ0n) is 18.0. The number of ether oxygens (including phenoxy) is 5. The van der Waals surface area contributed by atoms with Crippen molar-refractivity contribution in [3.8, 4) is 34.5 Å². The van der Waals surface area contributed by atoms with Crippen LogP contribution in [0, 0.1) is 23.5 Å². The molecule has 10 heteroatoms. The molecule has 0 bridgehead atoms. The molecule has 1 aromatic heterocycles. The van der Waals surface area contributed by atoms with E-state index in [1.165, 1.54) is 40.6 Å². The second kappa shape index (κ2) is 10.1. The van der Waals surface area contributed by atoms with E-state index in [1.54, 1.807) is 30.4 Å². The Kier molecular flexibility index (Phi) is 7.27. The Morgan fingerprint density at radius 3 is 1.64 bits per heavy atom. The Morgan fingerprint density at radius 2 is 1.12 bits per heavy atom. The molecule has 2 aromatic carbocycles. The molecular weight excluding hydrogens is 446 g/mol. The Bertz CT molecular complexity index is 1150. The minimum Gasteiger partial charge on any atom is -0.493 e. The van der Waals surface area contributed by atoms with Gasteiger partial charge in [-0.25, -0.2) is 0 Å². The van der Waals surface area contributed by atoms with Crippen molar-refractivity contribution in [2.75, 3.05) is 28.4 Å². The highest BCUT2D eigenvalue weighted by molar-refractivity contribution is 5.73. The van der Waals surface area contributed by atoms with E-state index < -0.39 is 29.3 Å². The van der Waals surface area contributed by atoms with Gasteiger partial charge in [0.1, 0.15) is 0 Å². The van der Waals surface area contributed by atoms with Crippen LogP contribution in [0.4, 0.5) is 17.6 Å². The monoisotopic (exact) mass is 465 g/mol. The third-order valence-corrected chi connectivity index (χ3v) is 4.51. The maximum atomic E-state index is 14.0. The smallest absolute Gasteiger partial charge is 0.255 e. The molecule has 0 saturated carbocycles. The molecule has 6 nitrogen and oxygen atoms in total. The molecule has 3 rings (SSSR count). The lowest BCUT2D eigenvalue weighted by Gasteiger charge is -2.13. The number of aromatic nitrogens is 1. The zero-order valence-corrected chi connectivity index (χ0v) is 18.0. The number of benzene rings is 2. The van der Waals surface area contributed by atoms with Crippen LogP contribution in [-0.4, -0.2) is 33.4 Å². The summed E-state index contributed by atoms with van der Waals surface area (Å²) in [5.41, 5.74) is 1.22. The van der Waals surface area contributed by atoms with Gasteiger partial charge in [0, 0.05) is 0 Å². The lowest BCUT2D eigenvalue weighted by atomic mass is 10.1. The maximum Gasteiger partial charge on any atom is 0.255 e. The van der Waals surface area contributed by atoms with Crippen LogP contribution >= 0.6 is 0 Å². The number of hydrogen-bond acceptors (Lipinski definition) is 6. The van der Waals surface area contributed by atoms with E-state index in [0.717, 1.165) is 0 Å². The lowest BCUT2D eigenvalue weighted by molar-refractivity contribution is 0.324. The number of hydrogen-bond donors (Lipinski definition) is 0. The standard InChI is InChI=1S/C23H19F4NO5/c1-29-14-8-7-12(5-6-13-10-16(30-2)20(32-4)17(11-13)31-3)9-15(14)33-21-18(24)22(26)28-23(27)19(21)25/h5-11H,1-4H3/b6-5-. The zero-order chi connectivity index (χ0) is 24.1. The number of rotatable bonds is 8. The van der Waals surface area contributed by atoms with Crippen LogP contribution in [0.25, 0.3) is 12.2 Å². The summed E-state index contributed by atoms with van der Waals surface area (Å²) in [5, 5.41) is 0. The normalized spacial score (nSPS) is 10.9. The van der Waals surface area contributed by atoms with Gasteiger partial charge in [-0.2, -0.15) is 22.5 Å². The minimum absolute atomic E-state index is 0.0800. The van der Waals surface area contributed by atoms with Crippen molar-refractivity contribution in [2.24, 2.45) is 0 Å². The summed E-state index contributed by atoms with van der Waals surface area (Å²) < 4.78 is 81.0. The van der Waals surface area contributed by atoms with Crippen LogP contribution in [0.1, 0.15) is 11.1 Å². The molecule has 0 aliphatic carbocycles. The molecule has 174 valence electrons. The van der Waals surface area contributed by atoms with Gasteiger partial charge in [-0.05, 0) is 35.4 Å². The van der Waals surface area contributed by atoms with Gasteiger partial charge < -0.3 is 23.7 Å². The Labute approximate surface area is 186 Å². The van der Waals surface area contributed by atoms with Crippen LogP contribution in [0.5, 0.6) is 34.5 Å². The average molecular weight is 465 g/mol. The van der Waals surface area contributed by atoms with Gasteiger partial charge in [-0.1, -0.05) is 18.2 Å². The Balaban J connectivity index is 1.98. The molecule has 0 radical (unpaired) electrons. The van der Waals surface area contributed by atoms with Gasteiger partial charge in [0.25, 0.3) is 11.9 Å². The van der Waals surface area contributed by atoms with Crippen molar-refractivity contribution in [3.63, 3.8) is 0 Å². The van der Waals surface area contributed by atoms with E-state index in [-0.39, 0.29) is 11.5 Å². The van der Waals surface area contributed by atoms with Crippen LogP contribution in [0.3, 0.4) is 0 Å². The molecule has 0 amide bonds. The molecule has 1 heterocycles. The molecule has 0 aliphatic rings. The number of nitrogens with zero attached hydrogens (tertiary/aromatic N) is 1. The van der Waals surface area contributed by atoms with Gasteiger partial charge in [-0.3, -0.25) is 0 Å². The summed E-state index contributed by atoms with van der Waals surface area (Å²) in [6.45, 7) is 0. The molecule has 0 fully saturated rings. The van der Waals surface area contributed by atoms with E-state index in [4.69, 9.17) is 23.7 Å². The van der Waals surface area contributed by atoms with Crippen LogP contribution < -0.4 is 23.7 Å². The van der Waals surface area contributed by atoms with Gasteiger partial charge in [0.2, 0.25) is 23.1 Å². The van der Waals surface area contributed by atoms with Gasteiger partial charge >= 0.3 is 0 Å². The highest BCUT2D eigenvalue weighted by Gasteiger charge is 2.24. The molecular formula is C23H19F4NO5. The van der Waals surface area contributed by atoms with Crippen molar-refractivity contribution in [1.82, 2.24) is 4.98 Å². The van der Waals surface area contributed by atoms with Crippen molar-refractivity contribution < 1.29 is 41.2 Å². The fourth-order valence-corrected chi connectivity index (χ4v) is 2.93. The van der Waals surface area contributed by atoms with E-state index in [0.29, 0.717) is 28.4 Å². The molecule has 0 atom stereocenters. The number of halogens is 4. The molecule has 0 spiro atoms. The first-order valence-corrected chi connectivity index (χ1v) is 9.36. The topological polar surface area (TPSA) is 59.0 Å². The average Bonchev–Trinajstić information content (AvgIpc) is 2.83. The summed E-state index contributed by atoms with van der Waals surface area (Å²) in [7, 11) is 5.76. The fourth-order valence-electron chi connectivity index (χ4n) is 2.93. The Morgan fingerprint density at radius 1 is 0.606 bits per heavy atom. The number of methoxy groups -OCH3 is 4. The molecule has 0 unspecified atom stereocenters. The predicted octanol–water partition coefficient (Wildman–Crippen LogP) is 5.64. The second-order valence-electron chi connectivity index (χ2n) is 6.45. The predicted molar refractivity (Wildman–Crippen MR) is 112 cm³/mol.